The fourth-order valence-corrected chi connectivity index (χ4v) is 2.48. The SMILES string of the molecule is CCOC(=O)c1ccc(NC(=O)c2cnc(Nc3cccc(C)c3)cn2)cc1. The third-order valence-electron chi connectivity index (χ3n) is 3.83. The van der Waals surface area contributed by atoms with Crippen molar-refractivity contribution in [3.63, 3.8) is 0 Å². The van der Waals surface area contributed by atoms with E-state index in [1.54, 1.807) is 31.2 Å². The Morgan fingerprint density at radius 1 is 1.00 bits per heavy atom. The lowest BCUT2D eigenvalue weighted by Crippen LogP contribution is -2.14. The van der Waals surface area contributed by atoms with Gasteiger partial charge in [0, 0.05) is 11.4 Å². The van der Waals surface area contributed by atoms with Gasteiger partial charge in [-0.15, -0.1) is 0 Å². The number of nitrogens with zero attached hydrogens (tertiary/aromatic N) is 2. The fraction of sp³-hybridized carbons (Fsp3) is 0.143. The van der Waals surface area contributed by atoms with Crippen molar-refractivity contribution >= 4 is 29.1 Å². The first kappa shape index (κ1) is 19.0. The number of esters is 1. The van der Waals surface area contributed by atoms with E-state index in [0.29, 0.717) is 23.7 Å². The fourth-order valence-electron chi connectivity index (χ4n) is 2.48. The van der Waals surface area contributed by atoms with Crippen molar-refractivity contribution in [2.45, 2.75) is 13.8 Å². The molecule has 2 aromatic carbocycles. The molecule has 142 valence electrons. The molecule has 0 saturated carbocycles. The lowest BCUT2D eigenvalue weighted by Gasteiger charge is -2.08. The number of anilines is 3. The predicted octanol–water partition coefficient (Wildman–Crippen LogP) is 3.96. The summed E-state index contributed by atoms with van der Waals surface area (Å²) in [5.41, 5.74) is 3.17. The van der Waals surface area contributed by atoms with Crippen LogP contribution in [-0.4, -0.2) is 28.5 Å². The van der Waals surface area contributed by atoms with E-state index in [1.165, 1.54) is 12.4 Å². The first-order valence-corrected chi connectivity index (χ1v) is 8.79. The standard InChI is InChI=1S/C21H20N4O3/c1-3-28-21(27)15-7-9-16(10-8-15)25-20(26)18-12-23-19(13-22-18)24-17-6-4-5-14(2)11-17/h4-13H,3H2,1-2H3,(H,23,24)(H,25,26). The lowest BCUT2D eigenvalue weighted by atomic mass is 10.2. The Kier molecular flexibility index (Phi) is 5.96. The minimum absolute atomic E-state index is 0.185. The molecule has 0 atom stereocenters. The Labute approximate surface area is 162 Å². The van der Waals surface area contributed by atoms with Gasteiger partial charge in [-0.3, -0.25) is 4.79 Å². The van der Waals surface area contributed by atoms with E-state index < -0.39 is 11.9 Å². The summed E-state index contributed by atoms with van der Waals surface area (Å²) in [6.07, 6.45) is 2.90. The van der Waals surface area contributed by atoms with E-state index in [0.717, 1.165) is 11.3 Å². The van der Waals surface area contributed by atoms with Gasteiger partial charge in [-0.05, 0) is 55.8 Å². The van der Waals surface area contributed by atoms with Crippen LogP contribution in [-0.2, 0) is 4.74 Å². The third kappa shape index (κ3) is 4.91. The summed E-state index contributed by atoms with van der Waals surface area (Å²) in [4.78, 5) is 32.4. The van der Waals surface area contributed by atoms with Gasteiger partial charge in [0.15, 0.2) is 0 Å². The second-order valence-electron chi connectivity index (χ2n) is 6.03. The molecule has 3 aromatic rings. The molecule has 3 rings (SSSR count). The van der Waals surface area contributed by atoms with Gasteiger partial charge in [0.05, 0.1) is 24.6 Å². The molecule has 0 unspecified atom stereocenters. The zero-order chi connectivity index (χ0) is 19.9. The number of benzene rings is 2. The minimum Gasteiger partial charge on any atom is -0.462 e. The second kappa shape index (κ2) is 8.77. The quantitative estimate of drug-likeness (QED) is 0.633. The van der Waals surface area contributed by atoms with Crippen molar-refractivity contribution in [3.05, 3.63) is 77.7 Å². The van der Waals surface area contributed by atoms with E-state index in [4.69, 9.17) is 4.74 Å². The molecule has 0 bridgehead atoms. The molecule has 1 aromatic heterocycles. The van der Waals surface area contributed by atoms with Gasteiger partial charge in [0.1, 0.15) is 11.5 Å². The summed E-state index contributed by atoms with van der Waals surface area (Å²) < 4.78 is 4.93. The molecule has 0 fully saturated rings. The van der Waals surface area contributed by atoms with Crippen LogP contribution in [0.15, 0.2) is 60.9 Å². The van der Waals surface area contributed by atoms with E-state index in [1.807, 2.05) is 31.2 Å². The van der Waals surface area contributed by atoms with Crippen LogP contribution in [0.1, 0.15) is 33.3 Å². The van der Waals surface area contributed by atoms with Crippen LogP contribution in [0.4, 0.5) is 17.2 Å². The molecule has 0 aliphatic carbocycles. The van der Waals surface area contributed by atoms with Crippen LogP contribution in [0, 0.1) is 6.92 Å². The van der Waals surface area contributed by atoms with Crippen molar-refractivity contribution in [2.24, 2.45) is 0 Å². The van der Waals surface area contributed by atoms with Gasteiger partial charge >= 0.3 is 5.97 Å². The molecule has 0 aliphatic heterocycles. The number of carbonyl (C=O) groups excluding carboxylic acids is 2. The van der Waals surface area contributed by atoms with E-state index in [2.05, 4.69) is 20.6 Å². The Hall–Kier alpha value is -3.74. The number of aromatic nitrogens is 2. The summed E-state index contributed by atoms with van der Waals surface area (Å²) in [7, 11) is 0. The summed E-state index contributed by atoms with van der Waals surface area (Å²) in [6.45, 7) is 4.06. The number of nitrogens with one attached hydrogen (secondary N) is 2. The highest BCUT2D eigenvalue weighted by molar-refractivity contribution is 6.03. The highest BCUT2D eigenvalue weighted by Crippen LogP contribution is 2.16. The second-order valence-corrected chi connectivity index (χ2v) is 6.03. The summed E-state index contributed by atoms with van der Waals surface area (Å²) in [6, 6.07) is 14.3. The molecule has 7 nitrogen and oxygen atoms in total. The first-order chi connectivity index (χ1) is 13.5. The molecular formula is C21H20N4O3. The average molecular weight is 376 g/mol. The lowest BCUT2D eigenvalue weighted by molar-refractivity contribution is 0.0526. The van der Waals surface area contributed by atoms with Gasteiger partial charge in [-0.1, -0.05) is 12.1 Å². The van der Waals surface area contributed by atoms with E-state index >= 15 is 0 Å². The molecule has 7 heteroatoms. The number of aryl methyl sites for hydroxylation is 1. The van der Waals surface area contributed by atoms with Crippen molar-refractivity contribution in [3.8, 4) is 0 Å². The van der Waals surface area contributed by atoms with Crippen LogP contribution >= 0.6 is 0 Å². The molecule has 0 spiro atoms. The smallest absolute Gasteiger partial charge is 0.338 e. The largest absolute Gasteiger partial charge is 0.462 e. The molecule has 0 saturated heterocycles. The summed E-state index contributed by atoms with van der Waals surface area (Å²) in [5, 5.41) is 5.86. The third-order valence-corrected chi connectivity index (χ3v) is 3.83. The van der Waals surface area contributed by atoms with E-state index in [-0.39, 0.29) is 5.69 Å². The molecule has 1 heterocycles. The van der Waals surface area contributed by atoms with Crippen LogP contribution < -0.4 is 10.6 Å². The topological polar surface area (TPSA) is 93.2 Å². The highest BCUT2D eigenvalue weighted by Gasteiger charge is 2.10. The Balaban J connectivity index is 1.62. The number of carbonyl (C=O) groups is 2. The maximum absolute atomic E-state index is 12.3. The van der Waals surface area contributed by atoms with Crippen molar-refractivity contribution < 1.29 is 14.3 Å². The molecular weight excluding hydrogens is 356 g/mol. The zero-order valence-electron chi connectivity index (χ0n) is 15.6. The molecule has 0 radical (unpaired) electrons. The number of hydrogen-bond donors (Lipinski definition) is 2. The molecule has 28 heavy (non-hydrogen) atoms. The van der Waals surface area contributed by atoms with Crippen LogP contribution in [0.3, 0.4) is 0 Å². The average Bonchev–Trinajstić information content (AvgIpc) is 2.69. The van der Waals surface area contributed by atoms with Crippen LogP contribution in [0.5, 0.6) is 0 Å². The van der Waals surface area contributed by atoms with Crippen molar-refractivity contribution in [2.75, 3.05) is 17.2 Å². The van der Waals surface area contributed by atoms with E-state index in [9.17, 15) is 9.59 Å². The number of hydrogen-bond acceptors (Lipinski definition) is 6. The zero-order valence-corrected chi connectivity index (χ0v) is 15.6. The van der Waals surface area contributed by atoms with Gasteiger partial charge in [0.2, 0.25) is 0 Å². The summed E-state index contributed by atoms with van der Waals surface area (Å²) >= 11 is 0. The van der Waals surface area contributed by atoms with Crippen molar-refractivity contribution in [1.29, 1.82) is 0 Å². The Morgan fingerprint density at radius 3 is 2.43 bits per heavy atom. The molecule has 1 amide bonds. The Bertz CT molecular complexity index is 970. The van der Waals surface area contributed by atoms with Gasteiger partial charge in [0.25, 0.3) is 5.91 Å². The predicted molar refractivity (Wildman–Crippen MR) is 107 cm³/mol. The first-order valence-electron chi connectivity index (χ1n) is 8.79. The number of amides is 1. The molecule has 2 N–H and O–H groups in total. The van der Waals surface area contributed by atoms with Crippen molar-refractivity contribution in [1.82, 2.24) is 9.97 Å². The number of rotatable bonds is 6. The highest BCUT2D eigenvalue weighted by atomic mass is 16.5. The maximum atomic E-state index is 12.3. The van der Waals surface area contributed by atoms with Crippen LogP contribution in [0.25, 0.3) is 0 Å². The Morgan fingerprint density at radius 2 is 1.79 bits per heavy atom. The normalized spacial score (nSPS) is 10.2. The maximum Gasteiger partial charge on any atom is 0.338 e. The van der Waals surface area contributed by atoms with Gasteiger partial charge < -0.3 is 15.4 Å². The van der Waals surface area contributed by atoms with Crippen LogP contribution in [0.2, 0.25) is 0 Å². The minimum atomic E-state index is -0.400. The summed E-state index contributed by atoms with van der Waals surface area (Å²) in [5.74, 6) is -0.248. The van der Waals surface area contributed by atoms with Gasteiger partial charge in [-0.25, -0.2) is 14.8 Å². The monoisotopic (exact) mass is 376 g/mol. The number of ether oxygens (including phenoxy) is 1. The van der Waals surface area contributed by atoms with Gasteiger partial charge in [-0.2, -0.15) is 0 Å². The molecule has 0 aliphatic rings.